The second kappa shape index (κ2) is 26.3. The monoisotopic (exact) mass is 1280 g/mol. The molecular weight excluding hydrogens is 1240 g/mol. The van der Waals surface area contributed by atoms with Crippen LogP contribution in [-0.4, -0.2) is 85.5 Å². The van der Waals surface area contributed by atoms with Crippen LogP contribution in [0.4, 0.5) is 38.9 Å². The fourth-order valence-corrected chi connectivity index (χ4v) is 12.6. The van der Waals surface area contributed by atoms with Gasteiger partial charge in [-0.25, -0.2) is 55.3 Å². The van der Waals surface area contributed by atoms with Gasteiger partial charge in [-0.2, -0.15) is 0 Å². The van der Waals surface area contributed by atoms with Gasteiger partial charge in [-0.1, -0.05) is 18.2 Å². The molecule has 0 unspecified atom stereocenters. The van der Waals surface area contributed by atoms with Crippen molar-refractivity contribution in [3.63, 3.8) is 0 Å². The summed E-state index contributed by atoms with van der Waals surface area (Å²) in [6.45, 7) is 0. The number of rotatable bonds is 14. The molecule has 0 atom stereocenters. The number of carbonyl (C=O) groups is 1. The molecule has 416 valence electrons. The van der Waals surface area contributed by atoms with Crippen LogP contribution in [-0.2, 0) is 60.4 Å². The summed E-state index contributed by atoms with van der Waals surface area (Å²) in [7, 11) is -27.4. The number of quaternary nitrogens is 1. The SMILES string of the molecule is O=C(Nc1ccc2c(O)cc(S(=O)(=O)Nc3cccc(S(=O)(=O)[O-])c3)cc2c1)Nc1ccc2c(O)cc(S(=O)(=O)Nc3cccc(S(=O)(=O)[O-])c3)cc2c1.[NH3+]c1ccc2c(O)cc(S(=O)(=O)Nc3cccc(S(=O)(=O)[O-])c3)cc2c1.[Na+].[Na+].[Na+]. The van der Waals surface area contributed by atoms with Crippen molar-refractivity contribution in [1.29, 1.82) is 0 Å². The summed E-state index contributed by atoms with van der Waals surface area (Å²) in [5.74, 6) is -1.09. The van der Waals surface area contributed by atoms with E-state index in [2.05, 4.69) is 30.5 Å². The zero-order valence-corrected chi connectivity index (χ0v) is 54.0. The first kappa shape index (κ1) is 68.2. The maximum absolute atomic E-state index is 13.1. The molecule has 11 N–H and O–H groups in total. The number of phenols is 3. The molecule has 9 aromatic carbocycles. The number of sulfonamides is 3. The van der Waals surface area contributed by atoms with Crippen LogP contribution < -0.4 is 119 Å². The van der Waals surface area contributed by atoms with Crippen LogP contribution >= 0.6 is 0 Å². The Morgan fingerprint density at radius 1 is 0.349 bits per heavy atom. The van der Waals surface area contributed by atoms with Crippen LogP contribution in [0, 0.1) is 0 Å². The average Bonchev–Trinajstić information content (AvgIpc) is 3.58. The predicted octanol–water partition coefficient (Wildman–Crippen LogP) is -3.41. The largest absolute Gasteiger partial charge is 1.00 e. The molecular formula is C49H38N6Na3O19S6+. The minimum Gasteiger partial charge on any atom is -0.744 e. The van der Waals surface area contributed by atoms with Gasteiger partial charge in [0, 0.05) is 51.8 Å². The quantitative estimate of drug-likeness (QED) is 0.0378. The van der Waals surface area contributed by atoms with Crippen LogP contribution in [0.5, 0.6) is 17.2 Å². The van der Waals surface area contributed by atoms with Crippen molar-refractivity contribution in [1.82, 2.24) is 0 Å². The Hall–Kier alpha value is -5.63. The Balaban J connectivity index is 0.000000366. The first-order chi connectivity index (χ1) is 37.2. The van der Waals surface area contributed by atoms with E-state index in [-0.39, 0.29) is 149 Å². The second-order valence-corrected chi connectivity index (χ2v) is 26.3. The Bertz CT molecular complexity index is 4560. The summed E-state index contributed by atoms with van der Waals surface area (Å²) in [6.07, 6.45) is 0. The Morgan fingerprint density at radius 3 is 0.940 bits per heavy atom. The fraction of sp³-hybridized carbons (Fsp3) is 0. The molecule has 0 radical (unpaired) electrons. The number of aromatic hydroxyl groups is 3. The smallest absolute Gasteiger partial charge is 0.744 e. The van der Waals surface area contributed by atoms with E-state index in [1.807, 2.05) is 0 Å². The standard InChI is InChI=1S/C33H26N4O13S4.C16H14N2O6S2.3Na/c38-31-17-27(51(41,42)36-23-3-1-5-25(15-23)53(45,46)47)13-19-11-21(7-9-29(19)31)34-33(40)35-22-8-10-30-20(12-22)14-28(18-32(30)39)52(43,44)37-24-4-2-6-26(16-24)54(48,49)50;17-11-4-5-15-10(6-11)7-14(9-16(15)19)25(20,21)18-12-2-1-3-13(8-12)26(22,23)24;;;/h1-18,36-39H,(H2,34,35,40)(H,45,46,47)(H,48,49,50);1-9,18-19H,17H2,(H,22,23,24);;;/q;;3*+1/p-2. The molecule has 0 saturated heterocycles. The molecule has 0 aliphatic carbocycles. The topological polar surface area (TPSA) is 440 Å². The number of hydrogen-bond donors (Lipinski definition) is 9. The van der Waals surface area contributed by atoms with Crippen LogP contribution in [0.2, 0.25) is 0 Å². The number of hydrogen-bond acceptors (Lipinski definition) is 19. The van der Waals surface area contributed by atoms with Gasteiger partial charge >= 0.3 is 94.7 Å². The number of carbonyl (C=O) groups excluding carboxylic acids is 1. The molecule has 0 aliphatic rings. The van der Waals surface area contributed by atoms with E-state index in [1.165, 1.54) is 91.0 Å². The zero-order chi connectivity index (χ0) is 58.3. The molecule has 9 rings (SSSR count). The molecule has 0 spiro atoms. The van der Waals surface area contributed by atoms with Crippen molar-refractivity contribution in [2.75, 3.05) is 24.8 Å². The molecule has 9 aromatic rings. The number of anilines is 5. The second-order valence-electron chi connectivity index (χ2n) is 17.1. The number of fused-ring (bicyclic) bond motifs is 3. The number of urea groups is 1. The minimum absolute atomic E-state index is 0. The molecule has 0 heterocycles. The van der Waals surface area contributed by atoms with Crippen LogP contribution in [0.25, 0.3) is 32.3 Å². The van der Waals surface area contributed by atoms with E-state index in [0.717, 1.165) is 54.6 Å². The van der Waals surface area contributed by atoms with Crippen molar-refractivity contribution in [3.05, 3.63) is 164 Å². The van der Waals surface area contributed by atoms with Crippen molar-refractivity contribution >= 4 is 133 Å². The normalized spacial score (nSPS) is 11.9. The zero-order valence-electron chi connectivity index (χ0n) is 43.1. The van der Waals surface area contributed by atoms with Gasteiger partial charge in [-0.3, -0.25) is 14.2 Å². The van der Waals surface area contributed by atoms with E-state index in [4.69, 9.17) is 0 Å². The maximum atomic E-state index is 13.1. The third kappa shape index (κ3) is 16.8. The van der Waals surface area contributed by atoms with Crippen molar-refractivity contribution < 1.29 is 179 Å². The van der Waals surface area contributed by atoms with E-state index in [9.17, 15) is 84.3 Å². The van der Waals surface area contributed by atoms with E-state index >= 15 is 0 Å². The summed E-state index contributed by atoms with van der Waals surface area (Å²) in [6, 6.07) is 32.3. The van der Waals surface area contributed by atoms with E-state index in [1.54, 1.807) is 18.2 Å². The van der Waals surface area contributed by atoms with Gasteiger partial charge in [0.15, 0.2) is 0 Å². The molecule has 25 nitrogen and oxygen atoms in total. The number of phenolic OH excluding ortho intramolecular Hbond substituents is 3. The third-order valence-electron chi connectivity index (χ3n) is 11.3. The Kier molecular flexibility index (Phi) is 21.6. The maximum Gasteiger partial charge on any atom is 1.00 e. The van der Waals surface area contributed by atoms with Crippen LogP contribution in [0.1, 0.15) is 0 Å². The van der Waals surface area contributed by atoms with Crippen LogP contribution in [0.15, 0.2) is 193 Å². The summed E-state index contributed by atoms with van der Waals surface area (Å²) in [5, 5.41) is 38.1. The van der Waals surface area contributed by atoms with Gasteiger partial charge in [-0.05, 0) is 137 Å². The Morgan fingerprint density at radius 2 is 0.639 bits per heavy atom. The van der Waals surface area contributed by atoms with Gasteiger partial charge in [-0.15, -0.1) is 0 Å². The first-order valence-electron chi connectivity index (χ1n) is 22.2. The molecule has 0 fully saturated rings. The molecule has 83 heavy (non-hydrogen) atoms. The molecule has 0 aromatic heterocycles. The van der Waals surface area contributed by atoms with Crippen molar-refractivity contribution in [2.24, 2.45) is 0 Å². The molecule has 34 heteroatoms. The first-order valence-corrected chi connectivity index (χ1v) is 30.9. The third-order valence-corrected chi connectivity index (χ3v) is 17.9. The molecule has 0 bridgehead atoms. The molecule has 2 amide bonds. The van der Waals surface area contributed by atoms with Gasteiger partial charge < -0.3 is 45.3 Å². The average molecular weight is 1280 g/mol. The molecule has 0 saturated carbocycles. The van der Waals surface area contributed by atoms with E-state index < -0.39 is 102 Å². The summed E-state index contributed by atoms with van der Waals surface area (Å²) < 4.78 is 186. The summed E-state index contributed by atoms with van der Waals surface area (Å²) >= 11 is 0. The fourth-order valence-electron chi connectivity index (χ4n) is 7.72. The van der Waals surface area contributed by atoms with Crippen molar-refractivity contribution in [2.45, 2.75) is 29.4 Å². The van der Waals surface area contributed by atoms with Gasteiger partial charge in [0.2, 0.25) is 0 Å². The Labute approximate surface area is 540 Å². The van der Waals surface area contributed by atoms with Gasteiger partial charge in [0.25, 0.3) is 30.1 Å². The van der Waals surface area contributed by atoms with Crippen LogP contribution in [0.3, 0.4) is 0 Å². The minimum atomic E-state index is -4.87. The van der Waals surface area contributed by atoms with Gasteiger partial charge in [0.1, 0.15) is 53.3 Å². The molecule has 0 aliphatic heterocycles. The number of nitrogens with one attached hydrogen (secondary N) is 5. The van der Waals surface area contributed by atoms with Crippen molar-refractivity contribution in [3.8, 4) is 17.2 Å². The predicted molar refractivity (Wildman–Crippen MR) is 288 cm³/mol. The number of benzene rings is 9. The summed E-state index contributed by atoms with van der Waals surface area (Å²) in [4.78, 5) is 10.0. The van der Waals surface area contributed by atoms with E-state index in [0.29, 0.717) is 16.5 Å². The summed E-state index contributed by atoms with van der Waals surface area (Å²) in [5.41, 5.74) is 4.18. The number of amides is 2. The van der Waals surface area contributed by atoms with Gasteiger partial charge in [0.05, 0.1) is 46.4 Å².